The Morgan fingerprint density at radius 3 is 2.00 bits per heavy atom. The lowest BCUT2D eigenvalue weighted by Gasteiger charge is -2.22. The first kappa shape index (κ1) is 14.6. The second-order valence-electron chi connectivity index (χ2n) is 3.93. The summed E-state index contributed by atoms with van der Waals surface area (Å²) in [6.07, 6.45) is 0. The quantitative estimate of drug-likeness (QED) is 0.872. The summed E-state index contributed by atoms with van der Waals surface area (Å²) in [5, 5.41) is 0.0602. The van der Waals surface area contributed by atoms with Gasteiger partial charge in [0.25, 0.3) is 0 Å². The zero-order valence-electron chi connectivity index (χ0n) is 9.74. The summed E-state index contributed by atoms with van der Waals surface area (Å²) in [6, 6.07) is 2.55. The van der Waals surface area contributed by atoms with Crippen molar-refractivity contribution < 1.29 is 8.42 Å². The van der Waals surface area contributed by atoms with Crippen LogP contribution in [0.4, 0.5) is 5.69 Å². The van der Waals surface area contributed by atoms with Crippen molar-refractivity contribution >= 4 is 38.9 Å². The number of sulfonamides is 1. The Bertz CT molecular complexity index is 506. The highest BCUT2D eigenvalue weighted by Gasteiger charge is 2.28. The van der Waals surface area contributed by atoms with Gasteiger partial charge in [-0.2, -0.15) is 4.31 Å². The van der Waals surface area contributed by atoms with Crippen LogP contribution >= 0.6 is 23.2 Å². The fourth-order valence-corrected chi connectivity index (χ4v) is 3.79. The molecule has 0 saturated heterocycles. The largest absolute Gasteiger partial charge is 0.399 e. The van der Waals surface area contributed by atoms with E-state index in [1.807, 2.05) is 0 Å². The van der Waals surface area contributed by atoms with E-state index in [1.165, 1.54) is 23.5 Å². The molecule has 96 valence electrons. The average Bonchev–Trinajstić information content (AvgIpc) is 2.13. The molecule has 2 N–H and O–H groups in total. The zero-order chi connectivity index (χ0) is 13.4. The van der Waals surface area contributed by atoms with Gasteiger partial charge < -0.3 is 5.73 Å². The lowest BCUT2D eigenvalue weighted by atomic mass is 10.3. The van der Waals surface area contributed by atoms with Crippen molar-refractivity contribution in [2.24, 2.45) is 0 Å². The van der Waals surface area contributed by atoms with Crippen molar-refractivity contribution in [3.63, 3.8) is 0 Å². The van der Waals surface area contributed by atoms with Crippen LogP contribution in [-0.4, -0.2) is 25.8 Å². The van der Waals surface area contributed by atoms with Gasteiger partial charge in [-0.3, -0.25) is 0 Å². The van der Waals surface area contributed by atoms with Gasteiger partial charge in [0.2, 0.25) is 10.0 Å². The van der Waals surface area contributed by atoms with Crippen molar-refractivity contribution in [1.82, 2.24) is 4.31 Å². The third-order valence-electron chi connectivity index (χ3n) is 2.38. The summed E-state index contributed by atoms with van der Waals surface area (Å²) in [5.74, 6) is 0. The van der Waals surface area contributed by atoms with Gasteiger partial charge in [0.05, 0.1) is 10.0 Å². The number of hydrogen-bond acceptors (Lipinski definition) is 3. The van der Waals surface area contributed by atoms with E-state index in [4.69, 9.17) is 28.9 Å². The van der Waals surface area contributed by atoms with Crippen LogP contribution in [0, 0.1) is 0 Å². The molecule has 0 heterocycles. The second-order valence-corrected chi connectivity index (χ2v) is 6.68. The third kappa shape index (κ3) is 2.85. The minimum Gasteiger partial charge on any atom is -0.399 e. The van der Waals surface area contributed by atoms with Crippen molar-refractivity contribution in [2.45, 2.75) is 24.8 Å². The van der Waals surface area contributed by atoms with Crippen LogP contribution in [0.3, 0.4) is 0 Å². The van der Waals surface area contributed by atoms with Gasteiger partial charge in [0.1, 0.15) is 4.90 Å². The summed E-state index contributed by atoms with van der Waals surface area (Å²) >= 11 is 11.8. The number of nitrogen functional groups attached to an aromatic ring is 1. The monoisotopic (exact) mass is 296 g/mol. The maximum Gasteiger partial charge on any atom is 0.246 e. The van der Waals surface area contributed by atoms with Gasteiger partial charge in [0.15, 0.2) is 0 Å². The number of hydrogen-bond donors (Lipinski definition) is 1. The molecular weight excluding hydrogens is 283 g/mol. The average molecular weight is 297 g/mol. The van der Waals surface area contributed by atoms with Crippen molar-refractivity contribution in [1.29, 1.82) is 0 Å². The van der Waals surface area contributed by atoms with Crippen LogP contribution in [0.5, 0.6) is 0 Å². The van der Waals surface area contributed by atoms with Crippen LogP contribution in [0.1, 0.15) is 13.8 Å². The summed E-state index contributed by atoms with van der Waals surface area (Å²) in [4.78, 5) is -0.105. The SMILES string of the molecule is CC(C)N(C)S(=O)(=O)c1c(Cl)cc(N)cc1Cl. The first-order valence-corrected chi connectivity index (χ1v) is 7.10. The first-order chi connectivity index (χ1) is 7.67. The maximum atomic E-state index is 12.2. The van der Waals surface area contributed by atoms with Crippen molar-refractivity contribution in [3.8, 4) is 0 Å². The van der Waals surface area contributed by atoms with E-state index in [0.29, 0.717) is 5.69 Å². The molecule has 0 amide bonds. The highest BCUT2D eigenvalue weighted by Crippen LogP contribution is 2.33. The number of nitrogens with two attached hydrogens (primary N) is 1. The van der Waals surface area contributed by atoms with E-state index in [2.05, 4.69) is 0 Å². The van der Waals surface area contributed by atoms with Gasteiger partial charge in [-0.1, -0.05) is 23.2 Å². The normalized spacial score (nSPS) is 12.4. The Labute approximate surface area is 111 Å². The molecule has 1 rings (SSSR count). The zero-order valence-corrected chi connectivity index (χ0v) is 12.1. The molecule has 0 fully saturated rings. The van der Waals surface area contributed by atoms with Crippen LogP contribution < -0.4 is 5.73 Å². The second kappa shape index (κ2) is 5.02. The van der Waals surface area contributed by atoms with Crippen molar-refractivity contribution in [2.75, 3.05) is 12.8 Å². The minimum absolute atomic E-state index is 0.0301. The Morgan fingerprint density at radius 1 is 1.24 bits per heavy atom. The molecule has 0 atom stereocenters. The molecule has 0 aromatic heterocycles. The van der Waals surface area contributed by atoms with Crippen LogP contribution in [0.25, 0.3) is 0 Å². The molecule has 0 saturated carbocycles. The molecular formula is C10H14Cl2N2O2S. The van der Waals surface area contributed by atoms with Gasteiger partial charge in [0, 0.05) is 18.8 Å². The van der Waals surface area contributed by atoms with E-state index in [-0.39, 0.29) is 21.0 Å². The minimum atomic E-state index is -3.70. The standard InChI is InChI=1S/C10H14Cl2N2O2S/c1-6(2)14(3)17(15,16)10-8(11)4-7(13)5-9(10)12/h4-6H,13H2,1-3H3. The van der Waals surface area contributed by atoms with E-state index in [9.17, 15) is 8.42 Å². The van der Waals surface area contributed by atoms with E-state index in [1.54, 1.807) is 13.8 Å². The molecule has 0 bridgehead atoms. The Kier molecular flexibility index (Phi) is 4.30. The fourth-order valence-electron chi connectivity index (χ4n) is 1.25. The van der Waals surface area contributed by atoms with E-state index < -0.39 is 10.0 Å². The third-order valence-corrected chi connectivity index (χ3v) is 5.34. The van der Waals surface area contributed by atoms with Crippen molar-refractivity contribution in [3.05, 3.63) is 22.2 Å². The molecule has 0 radical (unpaired) electrons. The molecule has 17 heavy (non-hydrogen) atoms. The highest BCUT2D eigenvalue weighted by molar-refractivity contribution is 7.89. The summed E-state index contributed by atoms with van der Waals surface area (Å²) in [7, 11) is -2.23. The summed E-state index contributed by atoms with van der Waals surface area (Å²) in [5.41, 5.74) is 5.86. The lowest BCUT2D eigenvalue weighted by molar-refractivity contribution is 0.410. The predicted molar refractivity (Wildman–Crippen MR) is 71.0 cm³/mol. The fraction of sp³-hybridized carbons (Fsp3) is 0.400. The molecule has 1 aromatic carbocycles. The predicted octanol–water partition coefficient (Wildman–Crippen LogP) is 2.60. The molecule has 4 nitrogen and oxygen atoms in total. The van der Waals surface area contributed by atoms with Crippen LogP contribution in [0.15, 0.2) is 17.0 Å². The van der Waals surface area contributed by atoms with E-state index >= 15 is 0 Å². The Hall–Kier alpha value is -0.490. The molecule has 0 unspecified atom stereocenters. The smallest absolute Gasteiger partial charge is 0.246 e. The van der Waals surface area contributed by atoms with Crippen LogP contribution in [-0.2, 0) is 10.0 Å². The Morgan fingerprint density at radius 2 is 1.65 bits per heavy atom. The maximum absolute atomic E-state index is 12.2. The highest BCUT2D eigenvalue weighted by atomic mass is 35.5. The van der Waals surface area contributed by atoms with Crippen LogP contribution in [0.2, 0.25) is 10.0 Å². The van der Waals surface area contributed by atoms with Gasteiger partial charge in [-0.25, -0.2) is 8.42 Å². The first-order valence-electron chi connectivity index (χ1n) is 4.90. The topological polar surface area (TPSA) is 63.4 Å². The Balaban J connectivity index is 3.45. The summed E-state index contributed by atoms with van der Waals surface area (Å²) in [6.45, 7) is 3.52. The molecule has 1 aromatic rings. The number of halogens is 2. The van der Waals surface area contributed by atoms with E-state index in [0.717, 1.165) is 0 Å². The molecule has 0 spiro atoms. The number of rotatable bonds is 3. The molecule has 0 aliphatic heterocycles. The number of benzene rings is 1. The number of anilines is 1. The van der Waals surface area contributed by atoms with Gasteiger partial charge in [-0.05, 0) is 26.0 Å². The molecule has 0 aliphatic rings. The summed E-state index contributed by atoms with van der Waals surface area (Å²) < 4.78 is 25.7. The molecule has 0 aliphatic carbocycles. The number of nitrogens with zero attached hydrogens (tertiary/aromatic N) is 1. The lowest BCUT2D eigenvalue weighted by Crippen LogP contribution is -2.33. The molecule has 7 heteroatoms. The van der Waals surface area contributed by atoms with Gasteiger partial charge >= 0.3 is 0 Å². The van der Waals surface area contributed by atoms with Gasteiger partial charge in [-0.15, -0.1) is 0 Å².